The molecule has 1 N–H and O–H groups in total. The van der Waals surface area contributed by atoms with Crippen molar-refractivity contribution < 1.29 is 0 Å². The van der Waals surface area contributed by atoms with Crippen LogP contribution in [0.2, 0.25) is 0 Å². The molecule has 0 radical (unpaired) electrons. The highest BCUT2D eigenvalue weighted by Gasteiger charge is 2.12. The van der Waals surface area contributed by atoms with Crippen molar-refractivity contribution in [3.63, 3.8) is 0 Å². The molecule has 1 aromatic rings. The lowest BCUT2D eigenvalue weighted by molar-refractivity contribution is 0.511. The van der Waals surface area contributed by atoms with Crippen LogP contribution < -0.4 is 5.32 Å². The first-order valence-corrected chi connectivity index (χ1v) is 5.31. The normalized spacial score (nSPS) is 13.3. The molecule has 80 valence electrons. The third kappa shape index (κ3) is 2.50. The quantitative estimate of drug-likeness (QED) is 0.800. The van der Waals surface area contributed by atoms with Crippen LogP contribution in [0.3, 0.4) is 0 Å². The topological polar surface area (TPSA) is 29.9 Å². The average molecular weight is 195 g/mol. The molecule has 1 heterocycles. The van der Waals surface area contributed by atoms with Gasteiger partial charge in [0.05, 0.1) is 11.4 Å². The van der Waals surface area contributed by atoms with Crippen LogP contribution in [0.5, 0.6) is 0 Å². The molecule has 0 bridgehead atoms. The van der Waals surface area contributed by atoms with Crippen molar-refractivity contribution >= 4 is 5.69 Å². The van der Waals surface area contributed by atoms with Crippen LogP contribution in [0, 0.1) is 12.8 Å². The van der Waals surface area contributed by atoms with Crippen LogP contribution in [0.25, 0.3) is 0 Å². The van der Waals surface area contributed by atoms with Gasteiger partial charge in [-0.15, -0.1) is 0 Å². The molecule has 1 rings (SSSR count). The monoisotopic (exact) mass is 195 g/mol. The zero-order valence-electron chi connectivity index (χ0n) is 9.83. The minimum Gasteiger partial charge on any atom is -0.379 e. The maximum Gasteiger partial charge on any atom is 0.0825 e. The minimum absolute atomic E-state index is 0.540. The molecule has 0 amide bonds. The fraction of sp³-hybridized carbons (Fsp3) is 0.727. The van der Waals surface area contributed by atoms with Crippen LogP contribution in [-0.4, -0.2) is 15.8 Å². The molecular formula is C11H21N3. The molecule has 3 heteroatoms. The third-order valence-electron chi connectivity index (χ3n) is 2.60. The summed E-state index contributed by atoms with van der Waals surface area (Å²) in [6.07, 6.45) is 3.19. The summed E-state index contributed by atoms with van der Waals surface area (Å²) < 4.78 is 1.85. The van der Waals surface area contributed by atoms with Gasteiger partial charge in [-0.1, -0.05) is 20.8 Å². The van der Waals surface area contributed by atoms with E-state index in [0.717, 1.165) is 17.8 Å². The van der Waals surface area contributed by atoms with E-state index in [4.69, 9.17) is 0 Å². The number of hydrogen-bond acceptors (Lipinski definition) is 2. The van der Waals surface area contributed by atoms with Gasteiger partial charge in [0.1, 0.15) is 0 Å². The Balaban J connectivity index is 2.71. The standard InChI is InChI=1S/C11H21N3/c1-6-10(8(2)3)12-11-7-14(5)13-9(11)4/h7-8,10,12H,6H2,1-5H3. The summed E-state index contributed by atoms with van der Waals surface area (Å²) in [7, 11) is 1.95. The largest absolute Gasteiger partial charge is 0.379 e. The SMILES string of the molecule is CCC(Nc1cn(C)nc1C)C(C)C. The average Bonchev–Trinajstić information content (AvgIpc) is 2.40. The lowest BCUT2D eigenvalue weighted by atomic mass is 10.0. The second-order valence-electron chi connectivity index (χ2n) is 4.20. The Labute approximate surface area is 86.5 Å². The maximum absolute atomic E-state index is 4.31. The summed E-state index contributed by atoms with van der Waals surface area (Å²) in [5.41, 5.74) is 2.24. The Bertz CT molecular complexity index is 289. The van der Waals surface area contributed by atoms with Crippen molar-refractivity contribution in [3.8, 4) is 0 Å². The number of nitrogens with zero attached hydrogens (tertiary/aromatic N) is 2. The Morgan fingerprint density at radius 3 is 2.50 bits per heavy atom. The molecule has 1 unspecified atom stereocenters. The maximum atomic E-state index is 4.31. The van der Waals surface area contributed by atoms with Crippen LogP contribution in [0.1, 0.15) is 32.9 Å². The van der Waals surface area contributed by atoms with E-state index in [0.29, 0.717) is 12.0 Å². The fourth-order valence-corrected chi connectivity index (χ4v) is 1.68. The molecule has 0 aromatic carbocycles. The first-order chi connectivity index (χ1) is 6.54. The van der Waals surface area contributed by atoms with E-state index in [1.807, 2.05) is 24.9 Å². The van der Waals surface area contributed by atoms with E-state index in [1.165, 1.54) is 0 Å². The molecular weight excluding hydrogens is 174 g/mol. The minimum atomic E-state index is 0.540. The van der Waals surface area contributed by atoms with Gasteiger partial charge in [0, 0.05) is 19.3 Å². The predicted octanol–water partition coefficient (Wildman–Crippen LogP) is 2.58. The highest BCUT2D eigenvalue weighted by atomic mass is 15.3. The fourth-order valence-electron chi connectivity index (χ4n) is 1.68. The van der Waals surface area contributed by atoms with Crippen molar-refractivity contribution in [1.82, 2.24) is 9.78 Å². The first kappa shape index (κ1) is 11.1. The molecule has 0 spiro atoms. The molecule has 1 atom stereocenters. The molecule has 14 heavy (non-hydrogen) atoms. The lowest BCUT2D eigenvalue weighted by Crippen LogP contribution is -2.24. The van der Waals surface area contributed by atoms with Crippen LogP contribution in [0.4, 0.5) is 5.69 Å². The van der Waals surface area contributed by atoms with Crippen molar-refractivity contribution in [1.29, 1.82) is 0 Å². The number of nitrogens with one attached hydrogen (secondary N) is 1. The third-order valence-corrected chi connectivity index (χ3v) is 2.60. The number of anilines is 1. The summed E-state index contributed by atoms with van der Waals surface area (Å²) in [6.45, 7) is 8.73. The van der Waals surface area contributed by atoms with Crippen LogP contribution in [0.15, 0.2) is 6.20 Å². The van der Waals surface area contributed by atoms with E-state index < -0.39 is 0 Å². The number of hydrogen-bond donors (Lipinski definition) is 1. The molecule has 0 fully saturated rings. The summed E-state index contributed by atoms with van der Waals surface area (Å²) >= 11 is 0. The van der Waals surface area contributed by atoms with E-state index in [1.54, 1.807) is 0 Å². The summed E-state index contributed by atoms with van der Waals surface area (Å²) in [5, 5.41) is 7.85. The predicted molar refractivity (Wildman–Crippen MR) is 60.5 cm³/mol. The second kappa shape index (κ2) is 4.49. The van der Waals surface area contributed by atoms with Gasteiger partial charge < -0.3 is 5.32 Å². The first-order valence-electron chi connectivity index (χ1n) is 5.31. The summed E-state index contributed by atoms with van der Waals surface area (Å²) in [5.74, 6) is 0.652. The van der Waals surface area contributed by atoms with Crippen molar-refractivity contribution in [2.45, 2.75) is 40.2 Å². The van der Waals surface area contributed by atoms with Gasteiger partial charge in [0.25, 0.3) is 0 Å². The molecule has 0 aliphatic carbocycles. The van der Waals surface area contributed by atoms with Crippen LogP contribution >= 0.6 is 0 Å². The molecule has 0 aliphatic heterocycles. The van der Waals surface area contributed by atoms with Gasteiger partial charge in [0.15, 0.2) is 0 Å². The van der Waals surface area contributed by atoms with Gasteiger partial charge in [-0.3, -0.25) is 4.68 Å². The van der Waals surface area contributed by atoms with Gasteiger partial charge in [0.2, 0.25) is 0 Å². The second-order valence-corrected chi connectivity index (χ2v) is 4.20. The van der Waals surface area contributed by atoms with Crippen molar-refractivity contribution in [2.24, 2.45) is 13.0 Å². The van der Waals surface area contributed by atoms with Gasteiger partial charge in [-0.25, -0.2) is 0 Å². The molecule has 0 saturated carbocycles. The molecule has 1 aromatic heterocycles. The van der Waals surface area contributed by atoms with Gasteiger partial charge >= 0.3 is 0 Å². The molecule has 0 aliphatic rings. The Morgan fingerprint density at radius 1 is 1.50 bits per heavy atom. The van der Waals surface area contributed by atoms with E-state index in [-0.39, 0.29) is 0 Å². The zero-order valence-corrected chi connectivity index (χ0v) is 9.83. The highest BCUT2D eigenvalue weighted by Crippen LogP contribution is 2.17. The summed E-state index contributed by atoms with van der Waals surface area (Å²) in [4.78, 5) is 0. The van der Waals surface area contributed by atoms with Crippen molar-refractivity contribution in [2.75, 3.05) is 5.32 Å². The van der Waals surface area contributed by atoms with Gasteiger partial charge in [-0.2, -0.15) is 5.10 Å². The van der Waals surface area contributed by atoms with E-state index in [9.17, 15) is 0 Å². The smallest absolute Gasteiger partial charge is 0.0825 e. The number of rotatable bonds is 4. The molecule has 3 nitrogen and oxygen atoms in total. The van der Waals surface area contributed by atoms with E-state index >= 15 is 0 Å². The van der Waals surface area contributed by atoms with Gasteiger partial charge in [-0.05, 0) is 19.3 Å². The number of aromatic nitrogens is 2. The van der Waals surface area contributed by atoms with Crippen LogP contribution in [-0.2, 0) is 7.05 Å². The van der Waals surface area contributed by atoms with Crippen molar-refractivity contribution in [3.05, 3.63) is 11.9 Å². The van der Waals surface area contributed by atoms with E-state index in [2.05, 4.69) is 31.2 Å². The summed E-state index contributed by atoms with van der Waals surface area (Å²) in [6, 6.07) is 0.540. The Kier molecular flexibility index (Phi) is 3.55. The zero-order chi connectivity index (χ0) is 10.7. The lowest BCUT2D eigenvalue weighted by Gasteiger charge is -2.21. The Hall–Kier alpha value is -0.990. The highest BCUT2D eigenvalue weighted by molar-refractivity contribution is 5.46. The number of aryl methyl sites for hydroxylation is 2. The molecule has 0 saturated heterocycles. The Morgan fingerprint density at radius 2 is 2.14 bits per heavy atom.